The zero-order valence-corrected chi connectivity index (χ0v) is 17.0. The molecule has 27 heavy (non-hydrogen) atoms. The van der Waals surface area contributed by atoms with Crippen molar-refractivity contribution in [2.24, 2.45) is 0 Å². The summed E-state index contributed by atoms with van der Waals surface area (Å²) in [5.74, 6) is 5.67. The number of carbonyl (C=O) groups excluding carboxylic acids is 1. The number of halogens is 2. The number of ether oxygens (including phenoxy) is 1. The van der Waals surface area contributed by atoms with Gasteiger partial charge in [-0.3, -0.25) is 0 Å². The first kappa shape index (κ1) is 19.4. The lowest BCUT2D eigenvalue weighted by Crippen LogP contribution is -2.05. The Balaban J connectivity index is 1.50. The second-order valence-electron chi connectivity index (χ2n) is 5.05. The van der Waals surface area contributed by atoms with E-state index in [0.29, 0.717) is 21.5 Å². The number of esters is 1. The topological polar surface area (TPSA) is 69.9 Å². The summed E-state index contributed by atoms with van der Waals surface area (Å²) in [6.45, 7) is -0.0116. The number of tetrazole rings is 1. The van der Waals surface area contributed by atoms with E-state index < -0.39 is 5.97 Å². The van der Waals surface area contributed by atoms with Crippen molar-refractivity contribution in [3.8, 4) is 17.5 Å². The van der Waals surface area contributed by atoms with Gasteiger partial charge in [0.15, 0.2) is 6.61 Å². The van der Waals surface area contributed by atoms with E-state index in [1.807, 2.05) is 24.3 Å². The Hall–Kier alpha value is -2.34. The summed E-state index contributed by atoms with van der Waals surface area (Å²) in [4.78, 5) is 11.9. The van der Waals surface area contributed by atoms with E-state index in [0.717, 1.165) is 10.2 Å². The van der Waals surface area contributed by atoms with Gasteiger partial charge >= 0.3 is 5.97 Å². The molecule has 1 heterocycles. The van der Waals surface area contributed by atoms with Gasteiger partial charge in [-0.1, -0.05) is 63.3 Å². The van der Waals surface area contributed by atoms with Gasteiger partial charge in [-0.05, 0) is 46.8 Å². The highest BCUT2D eigenvalue weighted by molar-refractivity contribution is 9.10. The second-order valence-corrected chi connectivity index (χ2v) is 7.31. The zero-order valence-electron chi connectivity index (χ0n) is 13.8. The predicted molar refractivity (Wildman–Crippen MR) is 107 cm³/mol. The third kappa shape index (κ3) is 5.32. The molecule has 136 valence electrons. The molecule has 0 N–H and O–H groups in total. The maximum absolute atomic E-state index is 11.9. The maximum Gasteiger partial charge on any atom is 0.340 e. The van der Waals surface area contributed by atoms with Crippen LogP contribution in [-0.4, -0.2) is 38.5 Å². The van der Waals surface area contributed by atoms with Gasteiger partial charge in [0.2, 0.25) is 5.16 Å². The fraction of sp³-hybridized carbons (Fsp3) is 0.111. The summed E-state index contributed by atoms with van der Waals surface area (Å²) in [7, 11) is 0. The standard InChI is InChI=1S/C18H12BrClN4O2S/c19-13-7-9-14(10-8-13)24-18(21-22-23-24)27-12-4-3-11-26-17(25)15-5-1-2-6-16(15)20/h1-2,5-10H,11-12H2. The van der Waals surface area contributed by atoms with Gasteiger partial charge < -0.3 is 4.74 Å². The fourth-order valence-corrected chi connectivity index (χ4v) is 3.16. The number of rotatable bonds is 5. The quantitative estimate of drug-likeness (QED) is 0.323. The smallest absolute Gasteiger partial charge is 0.340 e. The molecule has 9 heteroatoms. The lowest BCUT2D eigenvalue weighted by Gasteiger charge is -2.03. The zero-order chi connectivity index (χ0) is 19.1. The molecular weight excluding hydrogens is 452 g/mol. The minimum absolute atomic E-state index is 0.0116. The number of nitrogens with zero attached hydrogens (tertiary/aromatic N) is 4. The van der Waals surface area contributed by atoms with Gasteiger partial charge in [0.1, 0.15) is 0 Å². The van der Waals surface area contributed by atoms with Crippen molar-refractivity contribution in [1.82, 2.24) is 20.2 Å². The van der Waals surface area contributed by atoms with Crippen molar-refractivity contribution in [3.05, 3.63) is 63.6 Å². The van der Waals surface area contributed by atoms with E-state index in [1.54, 1.807) is 28.9 Å². The first-order valence-corrected chi connectivity index (χ1v) is 9.85. The lowest BCUT2D eigenvalue weighted by molar-refractivity contribution is 0.0557. The molecular formula is C18H12BrClN4O2S. The monoisotopic (exact) mass is 462 g/mol. The first-order chi connectivity index (χ1) is 13.1. The minimum Gasteiger partial charge on any atom is -0.449 e. The first-order valence-electron chi connectivity index (χ1n) is 7.69. The van der Waals surface area contributed by atoms with E-state index in [1.165, 1.54) is 11.8 Å². The third-order valence-corrected chi connectivity index (χ3v) is 4.94. The molecule has 0 radical (unpaired) electrons. The Kier molecular flexibility index (Phi) is 6.87. The molecule has 6 nitrogen and oxygen atoms in total. The van der Waals surface area contributed by atoms with E-state index in [2.05, 4.69) is 43.3 Å². The molecule has 0 atom stereocenters. The van der Waals surface area contributed by atoms with Gasteiger partial charge in [0.05, 0.1) is 22.0 Å². The van der Waals surface area contributed by atoms with Crippen LogP contribution >= 0.6 is 39.3 Å². The van der Waals surface area contributed by atoms with Gasteiger partial charge in [0.25, 0.3) is 0 Å². The van der Waals surface area contributed by atoms with Crippen molar-refractivity contribution >= 4 is 45.3 Å². The van der Waals surface area contributed by atoms with Gasteiger partial charge in [-0.2, -0.15) is 4.68 Å². The van der Waals surface area contributed by atoms with Crippen LogP contribution in [0.5, 0.6) is 0 Å². The van der Waals surface area contributed by atoms with Crippen LogP contribution in [0.4, 0.5) is 0 Å². The Morgan fingerprint density at radius 2 is 1.96 bits per heavy atom. The number of hydrogen-bond acceptors (Lipinski definition) is 6. The maximum atomic E-state index is 11.9. The summed E-state index contributed by atoms with van der Waals surface area (Å²) in [6.07, 6.45) is 0. The molecule has 0 aliphatic carbocycles. The van der Waals surface area contributed by atoms with E-state index in [4.69, 9.17) is 16.3 Å². The Morgan fingerprint density at radius 1 is 1.19 bits per heavy atom. The normalized spacial score (nSPS) is 10.1. The highest BCUT2D eigenvalue weighted by atomic mass is 79.9. The molecule has 3 rings (SSSR count). The van der Waals surface area contributed by atoms with Crippen LogP contribution in [0.1, 0.15) is 10.4 Å². The van der Waals surface area contributed by atoms with E-state index >= 15 is 0 Å². The van der Waals surface area contributed by atoms with Crippen LogP contribution in [-0.2, 0) is 4.74 Å². The second kappa shape index (κ2) is 9.55. The minimum atomic E-state index is -0.498. The van der Waals surface area contributed by atoms with Crippen molar-refractivity contribution in [1.29, 1.82) is 0 Å². The van der Waals surface area contributed by atoms with Crippen LogP contribution in [0.25, 0.3) is 5.69 Å². The van der Waals surface area contributed by atoms with Crippen LogP contribution in [0.3, 0.4) is 0 Å². The summed E-state index contributed by atoms with van der Waals surface area (Å²) < 4.78 is 7.71. The van der Waals surface area contributed by atoms with E-state index in [9.17, 15) is 4.79 Å². The number of hydrogen-bond donors (Lipinski definition) is 0. The van der Waals surface area contributed by atoms with Crippen LogP contribution in [0, 0.1) is 11.8 Å². The molecule has 0 saturated carbocycles. The average molecular weight is 464 g/mol. The van der Waals surface area contributed by atoms with Crippen molar-refractivity contribution in [2.75, 3.05) is 12.4 Å². The summed E-state index contributed by atoms with van der Waals surface area (Å²) in [6, 6.07) is 14.4. The van der Waals surface area contributed by atoms with Crippen LogP contribution in [0.15, 0.2) is 58.2 Å². The fourth-order valence-electron chi connectivity index (χ4n) is 2.02. The predicted octanol–water partition coefficient (Wildman–Crippen LogP) is 4.03. The molecule has 0 bridgehead atoms. The Bertz CT molecular complexity index is 998. The molecule has 0 saturated heterocycles. The average Bonchev–Trinajstić information content (AvgIpc) is 3.14. The van der Waals surface area contributed by atoms with Crippen molar-refractivity contribution in [3.63, 3.8) is 0 Å². The summed E-state index contributed by atoms with van der Waals surface area (Å²) in [5.41, 5.74) is 1.18. The number of thioether (sulfide) groups is 1. The summed E-state index contributed by atoms with van der Waals surface area (Å²) >= 11 is 10.7. The van der Waals surface area contributed by atoms with E-state index in [-0.39, 0.29) is 6.61 Å². The molecule has 0 unspecified atom stereocenters. The van der Waals surface area contributed by atoms with Gasteiger partial charge in [-0.15, -0.1) is 5.10 Å². The third-order valence-electron chi connectivity index (χ3n) is 3.28. The molecule has 3 aromatic rings. The van der Waals surface area contributed by atoms with Gasteiger partial charge in [0, 0.05) is 4.47 Å². The SMILES string of the molecule is O=C(OCC#CCSc1nnnn1-c1ccc(Br)cc1)c1ccccc1Cl. The molecule has 0 aliphatic rings. The molecule has 0 spiro atoms. The Labute approximate surface area is 173 Å². The molecule has 1 aromatic heterocycles. The molecule has 0 amide bonds. The molecule has 0 aliphatic heterocycles. The highest BCUT2D eigenvalue weighted by Gasteiger charge is 2.10. The number of aromatic nitrogens is 4. The molecule has 0 fully saturated rings. The van der Waals surface area contributed by atoms with Crippen molar-refractivity contribution in [2.45, 2.75) is 5.16 Å². The van der Waals surface area contributed by atoms with Crippen LogP contribution in [0.2, 0.25) is 5.02 Å². The van der Waals surface area contributed by atoms with Crippen molar-refractivity contribution < 1.29 is 9.53 Å². The summed E-state index contributed by atoms with van der Waals surface area (Å²) in [5, 5.41) is 12.7. The highest BCUT2D eigenvalue weighted by Crippen LogP contribution is 2.19. The van der Waals surface area contributed by atoms with Crippen LogP contribution < -0.4 is 0 Å². The Morgan fingerprint density at radius 3 is 2.74 bits per heavy atom. The number of carbonyl (C=O) groups is 1. The number of benzene rings is 2. The lowest BCUT2D eigenvalue weighted by atomic mass is 10.2. The molecule has 2 aromatic carbocycles. The van der Waals surface area contributed by atoms with Gasteiger partial charge in [-0.25, -0.2) is 4.79 Å². The largest absolute Gasteiger partial charge is 0.449 e.